The van der Waals surface area contributed by atoms with Crippen molar-refractivity contribution in [3.8, 4) is 0 Å². The number of H-pyrrole nitrogens is 1. The second kappa shape index (κ2) is 14.2. The van der Waals surface area contributed by atoms with Gasteiger partial charge in [-0.15, -0.1) is 0 Å². The van der Waals surface area contributed by atoms with Crippen molar-refractivity contribution >= 4 is 34.4 Å². The van der Waals surface area contributed by atoms with E-state index in [-0.39, 0.29) is 31.2 Å². The zero-order valence-electron chi connectivity index (χ0n) is 23.7. The molecule has 0 unspecified atom stereocenters. The Kier molecular flexibility index (Phi) is 10.8. The summed E-state index contributed by atoms with van der Waals surface area (Å²) in [6.45, 7) is 4.29. The smallest absolute Gasteiger partial charge is 0.274 e. The van der Waals surface area contributed by atoms with Gasteiger partial charge in [-0.2, -0.15) is 0 Å². The molecule has 3 N–H and O–H groups in total. The minimum atomic E-state index is -0.940. The molecule has 11 heteroatoms. The summed E-state index contributed by atoms with van der Waals surface area (Å²) in [5.74, 6) is -0.0966. The number of anilines is 1. The average Bonchev–Trinajstić information content (AvgIpc) is 3.31. The molecule has 2 aromatic heterocycles. The molecule has 0 bridgehead atoms. The van der Waals surface area contributed by atoms with Gasteiger partial charge in [0, 0.05) is 27.4 Å². The number of para-hydroxylation sites is 1. The molecule has 0 radical (unpaired) electrons. The zero-order chi connectivity index (χ0) is 29.2. The number of nitrogens with one attached hydrogen (secondary N) is 3. The zero-order valence-corrected chi connectivity index (χ0v) is 23.7. The van der Waals surface area contributed by atoms with E-state index >= 15 is 0 Å². The first-order valence-electron chi connectivity index (χ1n) is 13.2. The predicted molar refractivity (Wildman–Crippen MR) is 154 cm³/mol. The van der Waals surface area contributed by atoms with Gasteiger partial charge < -0.3 is 29.8 Å². The van der Waals surface area contributed by atoms with Crippen LogP contribution >= 0.6 is 0 Å². The summed E-state index contributed by atoms with van der Waals surface area (Å²) in [7, 11) is 4.65. The third kappa shape index (κ3) is 8.37. The summed E-state index contributed by atoms with van der Waals surface area (Å²) in [4.78, 5) is 59.7. The molecular weight excluding hydrogens is 512 g/mol. The number of hydrogen-bond acceptors (Lipinski definition) is 6. The van der Waals surface area contributed by atoms with E-state index in [2.05, 4.69) is 35.5 Å². The number of fused-ring (bicyclic) bond motifs is 1. The van der Waals surface area contributed by atoms with Crippen molar-refractivity contribution in [2.24, 2.45) is 5.92 Å². The fourth-order valence-electron chi connectivity index (χ4n) is 4.19. The Hall–Kier alpha value is -4.25. The number of nitrogens with zero attached hydrogens (tertiary/aromatic N) is 3. The third-order valence-corrected chi connectivity index (χ3v) is 6.12. The van der Waals surface area contributed by atoms with Crippen molar-refractivity contribution in [1.82, 2.24) is 24.8 Å². The molecule has 11 nitrogen and oxygen atoms in total. The van der Waals surface area contributed by atoms with Gasteiger partial charge in [0.2, 0.25) is 17.7 Å². The highest BCUT2D eigenvalue weighted by atomic mass is 16.5. The fraction of sp³-hybridized carbons (Fsp3) is 0.414. The second-order valence-corrected chi connectivity index (χ2v) is 10.2. The Balaban J connectivity index is 1.76. The molecule has 0 aliphatic heterocycles. The number of benzene rings is 1. The highest BCUT2D eigenvalue weighted by Crippen LogP contribution is 2.20. The lowest BCUT2D eigenvalue weighted by Gasteiger charge is -2.18. The van der Waals surface area contributed by atoms with Gasteiger partial charge in [-0.05, 0) is 55.0 Å². The van der Waals surface area contributed by atoms with Gasteiger partial charge in [0.25, 0.3) is 5.56 Å². The maximum Gasteiger partial charge on any atom is 0.274 e. The fourth-order valence-corrected chi connectivity index (χ4v) is 4.19. The average molecular weight is 551 g/mol. The van der Waals surface area contributed by atoms with Gasteiger partial charge in [-0.1, -0.05) is 32.1 Å². The number of carbonyl (C=O) groups is 3. The molecule has 0 saturated carbocycles. The van der Waals surface area contributed by atoms with E-state index in [9.17, 15) is 19.2 Å². The Morgan fingerprint density at radius 1 is 1.18 bits per heavy atom. The first kappa shape index (κ1) is 30.3. The number of rotatable bonds is 13. The van der Waals surface area contributed by atoms with E-state index < -0.39 is 23.4 Å². The normalized spacial score (nSPS) is 12.2. The molecule has 2 heterocycles. The van der Waals surface area contributed by atoms with Crippen LogP contribution in [0.4, 0.5) is 5.69 Å². The second-order valence-electron chi connectivity index (χ2n) is 10.2. The van der Waals surface area contributed by atoms with Crippen LogP contribution in [-0.2, 0) is 32.1 Å². The lowest BCUT2D eigenvalue weighted by molar-refractivity contribution is -0.129. The number of ether oxygens (including phenoxy) is 1. The van der Waals surface area contributed by atoms with Crippen LogP contribution in [0.2, 0.25) is 0 Å². The van der Waals surface area contributed by atoms with Gasteiger partial charge in [0.15, 0.2) is 0 Å². The van der Waals surface area contributed by atoms with E-state index in [4.69, 9.17) is 9.72 Å². The number of hydrogen-bond donors (Lipinski definition) is 3. The van der Waals surface area contributed by atoms with E-state index in [0.717, 1.165) is 23.0 Å². The highest BCUT2D eigenvalue weighted by molar-refractivity contribution is 5.97. The monoisotopic (exact) mass is 550 g/mol. The van der Waals surface area contributed by atoms with E-state index in [1.165, 1.54) is 28.7 Å². The molecule has 214 valence electrons. The first-order valence-corrected chi connectivity index (χ1v) is 13.2. The van der Waals surface area contributed by atoms with Crippen LogP contribution in [0.15, 0.2) is 53.5 Å². The minimum Gasteiger partial charge on any atom is -0.375 e. The number of amides is 3. The Bertz CT molecular complexity index is 1420. The molecule has 40 heavy (non-hydrogen) atoms. The van der Waals surface area contributed by atoms with Crippen LogP contribution in [0.25, 0.3) is 11.0 Å². The predicted octanol–water partition coefficient (Wildman–Crippen LogP) is 2.47. The van der Waals surface area contributed by atoms with Crippen molar-refractivity contribution in [3.05, 3.63) is 70.4 Å². The van der Waals surface area contributed by atoms with E-state index in [0.29, 0.717) is 18.2 Å². The summed E-state index contributed by atoms with van der Waals surface area (Å²) in [6.07, 6.45) is 6.15. The Labute approximate surface area is 233 Å². The van der Waals surface area contributed by atoms with Crippen LogP contribution in [0.5, 0.6) is 0 Å². The van der Waals surface area contributed by atoms with Crippen molar-refractivity contribution < 1.29 is 19.1 Å². The number of aromatic nitrogens is 3. The summed E-state index contributed by atoms with van der Waals surface area (Å²) in [5, 5.41) is 5.28. The molecule has 0 spiro atoms. The molecule has 1 atom stereocenters. The number of pyridine rings is 1. The van der Waals surface area contributed by atoms with Gasteiger partial charge in [-0.3, -0.25) is 19.2 Å². The maximum absolute atomic E-state index is 13.2. The van der Waals surface area contributed by atoms with Gasteiger partial charge in [-0.25, -0.2) is 4.98 Å². The summed E-state index contributed by atoms with van der Waals surface area (Å²) in [5.41, 5.74) is 2.61. The largest absolute Gasteiger partial charge is 0.375 e. The van der Waals surface area contributed by atoms with Crippen LogP contribution < -0.4 is 16.2 Å². The number of imidazole rings is 1. The standard InChI is InChI=1S/C29H38N6O5/c1-19(2)16-20-10-8-12-21-27(20)33-24(30-21)17-35-15-9-13-23(29(35)39)32-28(38)22(31-25(36)18-40-5)11-6-7-14-26(37)34(3)4/h7-10,12-15,19,22H,6,11,16-18H2,1-5H3,(H,30,33)(H,31,36)(H,32,38)/b14-7+/t22-/m0/s1. The molecule has 0 fully saturated rings. The van der Waals surface area contributed by atoms with Crippen LogP contribution in [0, 0.1) is 5.92 Å². The molecule has 3 rings (SSSR count). The molecule has 0 aliphatic rings. The number of methoxy groups -OCH3 is 1. The lowest BCUT2D eigenvalue weighted by Crippen LogP contribution is -2.45. The molecule has 0 saturated heterocycles. The molecular formula is C29H38N6O5. The number of likely N-dealkylation sites (N-methyl/N-ethyl adjacent to an activating group) is 1. The number of carbonyl (C=O) groups excluding carboxylic acids is 3. The third-order valence-electron chi connectivity index (χ3n) is 6.12. The molecule has 1 aromatic carbocycles. The topological polar surface area (TPSA) is 138 Å². The van der Waals surface area contributed by atoms with Crippen molar-refractivity contribution in [1.29, 1.82) is 0 Å². The minimum absolute atomic E-state index is 0.0772. The molecule has 0 aliphatic carbocycles. The van der Waals surface area contributed by atoms with Crippen LogP contribution in [0.1, 0.15) is 38.1 Å². The highest BCUT2D eigenvalue weighted by Gasteiger charge is 2.21. The quantitative estimate of drug-likeness (QED) is 0.280. The van der Waals surface area contributed by atoms with Crippen molar-refractivity contribution in [2.75, 3.05) is 33.1 Å². The first-order chi connectivity index (χ1) is 19.1. The maximum atomic E-state index is 13.2. The summed E-state index contributed by atoms with van der Waals surface area (Å²) >= 11 is 0. The van der Waals surface area contributed by atoms with E-state index in [1.54, 1.807) is 32.4 Å². The van der Waals surface area contributed by atoms with Crippen molar-refractivity contribution in [2.45, 2.75) is 45.7 Å². The van der Waals surface area contributed by atoms with Crippen LogP contribution in [-0.4, -0.2) is 71.0 Å². The Morgan fingerprint density at radius 3 is 2.65 bits per heavy atom. The van der Waals surface area contributed by atoms with Gasteiger partial charge in [0.1, 0.15) is 24.2 Å². The number of allylic oxidation sites excluding steroid dienone is 1. The van der Waals surface area contributed by atoms with Gasteiger partial charge >= 0.3 is 0 Å². The Morgan fingerprint density at radius 2 is 1.95 bits per heavy atom. The number of aromatic amines is 1. The molecule has 3 aromatic rings. The molecule has 3 amide bonds. The SMILES string of the molecule is COCC(=O)N[C@@H](CC/C=C/C(=O)N(C)C)C(=O)Nc1cccn(Cc2nc3c(CC(C)C)cccc3[nH]2)c1=O. The summed E-state index contributed by atoms with van der Waals surface area (Å²) in [6, 6.07) is 8.25. The van der Waals surface area contributed by atoms with Crippen molar-refractivity contribution in [3.63, 3.8) is 0 Å². The van der Waals surface area contributed by atoms with E-state index in [1.807, 2.05) is 12.1 Å². The lowest BCUT2D eigenvalue weighted by atomic mass is 10.0. The van der Waals surface area contributed by atoms with Crippen LogP contribution in [0.3, 0.4) is 0 Å². The van der Waals surface area contributed by atoms with Gasteiger partial charge in [0.05, 0.1) is 17.6 Å². The summed E-state index contributed by atoms with van der Waals surface area (Å²) < 4.78 is 6.32.